The van der Waals surface area contributed by atoms with E-state index in [-0.39, 0.29) is 0 Å². The van der Waals surface area contributed by atoms with Gasteiger partial charge in [-0.15, -0.1) is 0 Å². The highest BCUT2D eigenvalue weighted by Crippen LogP contribution is 2.32. The van der Waals surface area contributed by atoms with Crippen LogP contribution in [-0.2, 0) is 4.79 Å². The van der Waals surface area contributed by atoms with E-state index >= 15 is 0 Å². The predicted octanol–water partition coefficient (Wildman–Crippen LogP) is 12.8. The van der Waals surface area contributed by atoms with Crippen LogP contribution in [0.1, 0.15) is 213 Å². The lowest BCUT2D eigenvalue weighted by atomic mass is 9.80. The standard InChI is InChI=1S/C35H70O2/c1-4-6-8-10-12-14-16-18-20-22-24-26-28-30-32-35(3,34(36)37)33-31-29-27-25-23-21-19-17-15-13-11-9-7-5-2/h4-33H2,1-3H3,(H,36,37). The van der Waals surface area contributed by atoms with E-state index in [0.29, 0.717) is 0 Å². The molecule has 0 spiro atoms. The molecule has 0 fully saturated rings. The van der Waals surface area contributed by atoms with Crippen LogP contribution in [0, 0.1) is 5.41 Å². The van der Waals surface area contributed by atoms with Gasteiger partial charge in [0.2, 0.25) is 0 Å². The van der Waals surface area contributed by atoms with Gasteiger partial charge in [-0.05, 0) is 19.8 Å². The third kappa shape index (κ3) is 25.5. The summed E-state index contributed by atoms with van der Waals surface area (Å²) in [6.45, 7) is 6.57. The Balaban J connectivity index is 3.55. The third-order valence-electron chi connectivity index (χ3n) is 8.68. The van der Waals surface area contributed by atoms with Crippen molar-refractivity contribution in [2.24, 2.45) is 5.41 Å². The summed E-state index contributed by atoms with van der Waals surface area (Å²) in [6, 6.07) is 0. The summed E-state index contributed by atoms with van der Waals surface area (Å²) in [6.07, 6.45) is 39.6. The summed E-state index contributed by atoms with van der Waals surface area (Å²) < 4.78 is 0. The molecule has 0 amide bonds. The van der Waals surface area contributed by atoms with E-state index in [9.17, 15) is 9.90 Å². The lowest BCUT2D eigenvalue weighted by Gasteiger charge is -2.24. The molecule has 0 radical (unpaired) electrons. The fourth-order valence-electron chi connectivity index (χ4n) is 5.76. The van der Waals surface area contributed by atoms with E-state index in [4.69, 9.17) is 0 Å². The quantitative estimate of drug-likeness (QED) is 0.0919. The summed E-state index contributed by atoms with van der Waals surface area (Å²) in [5, 5.41) is 9.84. The maximum atomic E-state index is 12.0. The Morgan fingerprint density at radius 2 is 0.595 bits per heavy atom. The van der Waals surface area contributed by atoms with E-state index in [1.807, 2.05) is 6.92 Å². The molecule has 2 nitrogen and oxygen atoms in total. The van der Waals surface area contributed by atoms with Crippen molar-refractivity contribution in [3.8, 4) is 0 Å². The van der Waals surface area contributed by atoms with Crippen molar-refractivity contribution in [1.82, 2.24) is 0 Å². The Bertz CT molecular complexity index is 426. The fraction of sp³-hybridized carbons (Fsp3) is 0.971. The molecule has 1 N–H and O–H groups in total. The highest BCUT2D eigenvalue weighted by atomic mass is 16.4. The van der Waals surface area contributed by atoms with Crippen LogP contribution < -0.4 is 0 Å². The van der Waals surface area contributed by atoms with Crippen molar-refractivity contribution < 1.29 is 9.90 Å². The highest BCUT2D eigenvalue weighted by Gasteiger charge is 2.31. The first-order valence-corrected chi connectivity index (χ1v) is 17.3. The van der Waals surface area contributed by atoms with Gasteiger partial charge in [-0.1, -0.05) is 194 Å². The fourth-order valence-corrected chi connectivity index (χ4v) is 5.76. The molecule has 0 atom stereocenters. The lowest BCUT2D eigenvalue weighted by molar-refractivity contribution is -0.149. The van der Waals surface area contributed by atoms with Crippen LogP contribution in [0.2, 0.25) is 0 Å². The van der Waals surface area contributed by atoms with Crippen LogP contribution >= 0.6 is 0 Å². The number of unbranched alkanes of at least 4 members (excludes halogenated alkanes) is 26. The molecule has 0 heterocycles. The molecule has 222 valence electrons. The Hall–Kier alpha value is -0.530. The van der Waals surface area contributed by atoms with E-state index in [2.05, 4.69) is 13.8 Å². The van der Waals surface area contributed by atoms with Crippen LogP contribution in [-0.4, -0.2) is 11.1 Å². The molecule has 0 aliphatic carbocycles. The number of hydrogen-bond acceptors (Lipinski definition) is 1. The first-order valence-electron chi connectivity index (χ1n) is 17.3. The van der Waals surface area contributed by atoms with Gasteiger partial charge < -0.3 is 5.11 Å². The summed E-state index contributed by atoms with van der Waals surface area (Å²) >= 11 is 0. The lowest BCUT2D eigenvalue weighted by Crippen LogP contribution is -2.27. The van der Waals surface area contributed by atoms with Gasteiger partial charge in [0.15, 0.2) is 0 Å². The minimum Gasteiger partial charge on any atom is -0.481 e. The zero-order chi connectivity index (χ0) is 27.3. The van der Waals surface area contributed by atoms with Crippen LogP contribution in [0.3, 0.4) is 0 Å². The van der Waals surface area contributed by atoms with E-state index < -0.39 is 11.4 Å². The van der Waals surface area contributed by atoms with E-state index in [1.54, 1.807) is 0 Å². The minimum absolute atomic E-state index is 0.506. The zero-order valence-corrected chi connectivity index (χ0v) is 26.1. The molecule has 2 heteroatoms. The molecule has 0 aliphatic rings. The monoisotopic (exact) mass is 523 g/mol. The second kappa shape index (κ2) is 28.5. The normalized spacial score (nSPS) is 11.9. The summed E-state index contributed by atoms with van der Waals surface area (Å²) in [5.41, 5.74) is -0.506. The van der Waals surface area contributed by atoms with Crippen LogP contribution in [0.5, 0.6) is 0 Å². The second-order valence-corrected chi connectivity index (χ2v) is 12.6. The number of carboxylic acids is 1. The van der Waals surface area contributed by atoms with Crippen molar-refractivity contribution >= 4 is 5.97 Å². The topological polar surface area (TPSA) is 37.3 Å². The van der Waals surface area contributed by atoms with Crippen molar-refractivity contribution in [3.63, 3.8) is 0 Å². The third-order valence-corrected chi connectivity index (χ3v) is 8.68. The Kier molecular flexibility index (Phi) is 28.1. The molecule has 0 saturated heterocycles. The zero-order valence-electron chi connectivity index (χ0n) is 26.1. The first kappa shape index (κ1) is 36.5. The van der Waals surface area contributed by atoms with Crippen LogP contribution in [0.25, 0.3) is 0 Å². The Morgan fingerprint density at radius 3 is 0.784 bits per heavy atom. The maximum Gasteiger partial charge on any atom is 0.309 e. The Morgan fingerprint density at radius 1 is 0.405 bits per heavy atom. The minimum atomic E-state index is -0.572. The molecular formula is C35H70O2. The van der Waals surface area contributed by atoms with Crippen molar-refractivity contribution in [2.75, 3.05) is 0 Å². The van der Waals surface area contributed by atoms with Gasteiger partial charge in [-0.2, -0.15) is 0 Å². The number of rotatable bonds is 31. The molecule has 0 rings (SSSR count). The molecule has 0 unspecified atom stereocenters. The van der Waals surface area contributed by atoms with E-state index in [0.717, 1.165) is 25.7 Å². The van der Waals surface area contributed by atoms with Gasteiger partial charge in [0.25, 0.3) is 0 Å². The van der Waals surface area contributed by atoms with Gasteiger partial charge in [-0.25, -0.2) is 0 Å². The number of hydrogen-bond donors (Lipinski definition) is 1. The molecule has 0 saturated carbocycles. The number of carbonyl (C=O) groups is 1. The van der Waals surface area contributed by atoms with Crippen molar-refractivity contribution in [3.05, 3.63) is 0 Å². The van der Waals surface area contributed by atoms with Crippen molar-refractivity contribution in [2.45, 2.75) is 213 Å². The van der Waals surface area contributed by atoms with Gasteiger partial charge in [0.1, 0.15) is 0 Å². The number of aliphatic carboxylic acids is 1. The molecule has 0 aliphatic heterocycles. The summed E-state index contributed by atoms with van der Waals surface area (Å²) in [7, 11) is 0. The van der Waals surface area contributed by atoms with Crippen LogP contribution in [0.4, 0.5) is 0 Å². The second-order valence-electron chi connectivity index (χ2n) is 12.6. The van der Waals surface area contributed by atoms with Crippen molar-refractivity contribution in [1.29, 1.82) is 0 Å². The van der Waals surface area contributed by atoms with Gasteiger partial charge >= 0.3 is 5.97 Å². The van der Waals surface area contributed by atoms with Gasteiger partial charge in [0, 0.05) is 0 Å². The van der Waals surface area contributed by atoms with Gasteiger partial charge in [0.05, 0.1) is 5.41 Å². The van der Waals surface area contributed by atoms with Crippen LogP contribution in [0.15, 0.2) is 0 Å². The molecule has 0 aromatic rings. The molecule has 0 bridgehead atoms. The molecular weight excluding hydrogens is 452 g/mol. The molecule has 0 aromatic heterocycles. The predicted molar refractivity (Wildman–Crippen MR) is 166 cm³/mol. The maximum absolute atomic E-state index is 12.0. The molecule has 0 aromatic carbocycles. The SMILES string of the molecule is CCCCCCCCCCCCCCCCC(C)(CCCCCCCCCCCCCCCC)C(=O)O. The highest BCUT2D eigenvalue weighted by molar-refractivity contribution is 5.74. The van der Waals surface area contributed by atoms with E-state index in [1.165, 1.54) is 167 Å². The molecule has 37 heavy (non-hydrogen) atoms. The average Bonchev–Trinajstić information content (AvgIpc) is 2.89. The average molecular weight is 523 g/mol. The largest absolute Gasteiger partial charge is 0.481 e. The Labute approximate surface area is 234 Å². The number of carboxylic acid groups (broad SMARTS) is 1. The summed E-state index contributed by atoms with van der Waals surface area (Å²) in [5.74, 6) is -0.572. The summed E-state index contributed by atoms with van der Waals surface area (Å²) in [4.78, 5) is 12.0. The first-order chi connectivity index (χ1) is 18.1. The smallest absolute Gasteiger partial charge is 0.309 e. The van der Waals surface area contributed by atoms with Gasteiger partial charge in [-0.3, -0.25) is 4.79 Å².